The van der Waals surface area contributed by atoms with Gasteiger partial charge in [-0.1, -0.05) is 55.0 Å². The first-order valence-corrected chi connectivity index (χ1v) is 13.2. The van der Waals surface area contributed by atoms with Crippen LogP contribution in [0.1, 0.15) is 54.5 Å². The Morgan fingerprint density at radius 2 is 1.76 bits per heavy atom. The van der Waals surface area contributed by atoms with Crippen LogP contribution in [0.2, 0.25) is 0 Å². The number of nitrogens with two attached hydrogens (primary N) is 1. The number of fused-ring (bicyclic) bond motifs is 2. The first-order chi connectivity index (χ1) is 18.1. The lowest BCUT2D eigenvalue weighted by molar-refractivity contribution is -0.0387. The summed E-state index contributed by atoms with van der Waals surface area (Å²) in [6.45, 7) is 2.23. The topological polar surface area (TPSA) is 91.8 Å². The SMILES string of the molecule is Nc1nccc2c(-c3ccc4c(c3)[C@@H](Oc3ccccc3CC(O)O)C[C@@H]4N3CCCCC3)cccc12. The van der Waals surface area contributed by atoms with Crippen LogP contribution >= 0.6 is 0 Å². The average Bonchev–Trinajstić information content (AvgIpc) is 3.27. The Kier molecular flexibility index (Phi) is 6.55. The molecular weight excluding hydrogens is 462 g/mol. The fourth-order valence-electron chi connectivity index (χ4n) is 6.09. The highest BCUT2D eigenvalue weighted by molar-refractivity contribution is 6.01. The highest BCUT2D eigenvalue weighted by atomic mass is 16.5. The van der Waals surface area contributed by atoms with Crippen molar-refractivity contribution in [3.05, 3.63) is 89.6 Å². The van der Waals surface area contributed by atoms with Crippen LogP contribution in [0.25, 0.3) is 21.9 Å². The number of likely N-dealkylation sites (tertiary alicyclic amines) is 1. The molecule has 190 valence electrons. The van der Waals surface area contributed by atoms with E-state index in [1.165, 1.54) is 30.4 Å². The number of pyridine rings is 1. The van der Waals surface area contributed by atoms with Crippen LogP contribution in [0.15, 0.2) is 72.9 Å². The Balaban J connectivity index is 1.42. The van der Waals surface area contributed by atoms with Gasteiger partial charge in [-0.25, -0.2) is 4.98 Å². The van der Waals surface area contributed by atoms with E-state index in [4.69, 9.17) is 10.5 Å². The van der Waals surface area contributed by atoms with Gasteiger partial charge in [0.25, 0.3) is 0 Å². The van der Waals surface area contributed by atoms with Crippen molar-refractivity contribution in [1.82, 2.24) is 9.88 Å². The lowest BCUT2D eigenvalue weighted by Crippen LogP contribution is -2.32. The summed E-state index contributed by atoms with van der Waals surface area (Å²) in [5, 5.41) is 21.3. The molecule has 2 aliphatic rings. The Bertz CT molecular complexity index is 1410. The number of nitrogen functional groups attached to an aromatic ring is 1. The predicted octanol–water partition coefficient (Wildman–Crippen LogP) is 5.39. The molecular formula is C31H33N3O3. The zero-order valence-corrected chi connectivity index (χ0v) is 20.9. The molecule has 0 radical (unpaired) electrons. The largest absolute Gasteiger partial charge is 0.485 e. The van der Waals surface area contributed by atoms with Gasteiger partial charge in [-0.05, 0) is 77.3 Å². The van der Waals surface area contributed by atoms with Crippen LogP contribution < -0.4 is 10.5 Å². The average molecular weight is 496 g/mol. The minimum atomic E-state index is -1.42. The molecule has 1 aliphatic heterocycles. The number of piperidine rings is 1. The Labute approximate surface area is 217 Å². The Morgan fingerprint density at radius 1 is 0.919 bits per heavy atom. The quantitative estimate of drug-likeness (QED) is 0.311. The van der Waals surface area contributed by atoms with E-state index >= 15 is 0 Å². The summed E-state index contributed by atoms with van der Waals surface area (Å²) in [5.74, 6) is 1.25. The molecule has 37 heavy (non-hydrogen) atoms. The molecule has 4 aromatic rings. The number of aliphatic hydroxyl groups is 2. The fourth-order valence-corrected chi connectivity index (χ4v) is 6.09. The molecule has 6 heteroatoms. The lowest BCUT2D eigenvalue weighted by Gasteiger charge is -2.33. The number of aliphatic hydroxyl groups excluding tert-OH is 1. The first-order valence-electron chi connectivity index (χ1n) is 13.2. The molecule has 0 unspecified atom stereocenters. The molecule has 0 spiro atoms. The summed E-state index contributed by atoms with van der Waals surface area (Å²) in [4.78, 5) is 6.88. The summed E-state index contributed by atoms with van der Waals surface area (Å²) in [7, 11) is 0. The second-order valence-electron chi connectivity index (χ2n) is 10.2. The van der Waals surface area contributed by atoms with Crippen molar-refractivity contribution in [2.75, 3.05) is 18.8 Å². The maximum absolute atomic E-state index is 9.61. The van der Waals surface area contributed by atoms with E-state index in [0.717, 1.165) is 47.0 Å². The minimum Gasteiger partial charge on any atom is -0.485 e. The van der Waals surface area contributed by atoms with E-state index in [2.05, 4.69) is 34.1 Å². The van der Waals surface area contributed by atoms with Gasteiger partial charge in [0, 0.05) is 30.5 Å². The number of nitrogens with zero attached hydrogens (tertiary/aromatic N) is 2. The van der Waals surface area contributed by atoms with Gasteiger partial charge in [-0.2, -0.15) is 0 Å². The van der Waals surface area contributed by atoms with Crippen molar-refractivity contribution in [2.45, 2.75) is 50.5 Å². The zero-order chi connectivity index (χ0) is 25.4. The van der Waals surface area contributed by atoms with Crippen LogP contribution in [0, 0.1) is 0 Å². The third-order valence-electron chi connectivity index (χ3n) is 7.85. The molecule has 1 aliphatic carbocycles. The van der Waals surface area contributed by atoms with Crippen LogP contribution in [-0.4, -0.2) is 39.5 Å². The summed E-state index contributed by atoms with van der Waals surface area (Å²) in [6.07, 6.45) is 5.00. The van der Waals surface area contributed by atoms with Gasteiger partial charge in [0.2, 0.25) is 0 Å². The fraction of sp³-hybridized carbons (Fsp3) is 0.323. The summed E-state index contributed by atoms with van der Waals surface area (Å²) < 4.78 is 6.67. The number of anilines is 1. The molecule has 1 aromatic heterocycles. The van der Waals surface area contributed by atoms with Crippen molar-refractivity contribution in [3.63, 3.8) is 0 Å². The Hall–Kier alpha value is -3.45. The van der Waals surface area contributed by atoms with E-state index in [0.29, 0.717) is 17.6 Å². The Morgan fingerprint density at radius 3 is 2.59 bits per heavy atom. The summed E-state index contributed by atoms with van der Waals surface area (Å²) >= 11 is 0. The molecule has 6 rings (SSSR count). The van der Waals surface area contributed by atoms with Crippen LogP contribution in [-0.2, 0) is 6.42 Å². The van der Waals surface area contributed by atoms with E-state index in [-0.39, 0.29) is 12.5 Å². The van der Waals surface area contributed by atoms with Crippen LogP contribution in [0.3, 0.4) is 0 Å². The molecule has 1 fully saturated rings. The van der Waals surface area contributed by atoms with Gasteiger partial charge < -0.3 is 20.7 Å². The number of hydrogen-bond acceptors (Lipinski definition) is 6. The second kappa shape index (κ2) is 10.1. The maximum atomic E-state index is 9.61. The summed E-state index contributed by atoms with van der Waals surface area (Å²) in [5.41, 5.74) is 11.8. The van der Waals surface area contributed by atoms with Crippen molar-refractivity contribution in [1.29, 1.82) is 0 Å². The maximum Gasteiger partial charge on any atom is 0.155 e. The molecule has 2 heterocycles. The third kappa shape index (κ3) is 4.68. The van der Waals surface area contributed by atoms with Crippen LogP contribution in [0.4, 0.5) is 5.82 Å². The standard InChI is InChI=1S/C31H33N3O3/c32-31-25-9-6-8-22(23(25)13-14-33-31)20-11-12-24-26(17-20)29(19-27(24)34-15-4-1-5-16-34)37-28-10-3-2-7-21(28)18-30(35)36/h2-3,6-14,17,27,29-30,35-36H,1,4-5,15-16,18-19H2,(H2,32,33)/t27-,29-/m0/s1. The molecule has 1 saturated heterocycles. The number of aromatic nitrogens is 1. The number of para-hydroxylation sites is 1. The highest BCUT2D eigenvalue weighted by Gasteiger charge is 2.37. The van der Waals surface area contributed by atoms with Gasteiger partial charge in [0.1, 0.15) is 17.7 Å². The minimum absolute atomic E-state index is 0.124. The lowest BCUT2D eigenvalue weighted by atomic mass is 9.95. The zero-order valence-electron chi connectivity index (χ0n) is 20.9. The van der Waals surface area contributed by atoms with Crippen molar-refractivity contribution >= 4 is 16.6 Å². The van der Waals surface area contributed by atoms with Crippen molar-refractivity contribution < 1.29 is 14.9 Å². The first kappa shape index (κ1) is 23.9. The number of rotatable bonds is 6. The molecule has 0 saturated carbocycles. The van der Waals surface area contributed by atoms with Gasteiger partial charge in [-0.15, -0.1) is 0 Å². The highest BCUT2D eigenvalue weighted by Crippen LogP contribution is 2.47. The molecule has 4 N–H and O–H groups in total. The normalized spacial score (nSPS) is 19.9. The van der Waals surface area contributed by atoms with E-state index < -0.39 is 6.29 Å². The number of ether oxygens (including phenoxy) is 1. The predicted molar refractivity (Wildman–Crippen MR) is 146 cm³/mol. The molecule has 2 atom stereocenters. The number of benzene rings is 3. The van der Waals surface area contributed by atoms with Gasteiger partial charge in [0.15, 0.2) is 6.29 Å². The van der Waals surface area contributed by atoms with Gasteiger partial charge in [-0.3, -0.25) is 4.90 Å². The molecule has 0 bridgehead atoms. The van der Waals surface area contributed by atoms with Crippen molar-refractivity contribution in [2.24, 2.45) is 0 Å². The van der Waals surface area contributed by atoms with E-state index in [1.54, 1.807) is 6.20 Å². The number of hydrogen-bond donors (Lipinski definition) is 3. The molecule has 0 amide bonds. The van der Waals surface area contributed by atoms with E-state index in [9.17, 15) is 10.2 Å². The van der Waals surface area contributed by atoms with Gasteiger partial charge in [0.05, 0.1) is 0 Å². The summed E-state index contributed by atoms with van der Waals surface area (Å²) in [6, 6.07) is 23.0. The molecule has 3 aromatic carbocycles. The van der Waals surface area contributed by atoms with Gasteiger partial charge >= 0.3 is 0 Å². The third-order valence-corrected chi connectivity index (χ3v) is 7.85. The van der Waals surface area contributed by atoms with Crippen LogP contribution in [0.5, 0.6) is 5.75 Å². The monoisotopic (exact) mass is 495 g/mol. The smallest absolute Gasteiger partial charge is 0.155 e. The van der Waals surface area contributed by atoms with E-state index in [1.807, 2.05) is 42.5 Å². The second-order valence-corrected chi connectivity index (χ2v) is 10.2. The van der Waals surface area contributed by atoms with Crippen molar-refractivity contribution in [3.8, 4) is 16.9 Å². The molecule has 6 nitrogen and oxygen atoms in total.